The molecule has 7 heteroatoms. The minimum atomic E-state index is -0.185. The highest BCUT2D eigenvalue weighted by molar-refractivity contribution is 7.99. The molecule has 3 rings (SSSR count). The summed E-state index contributed by atoms with van der Waals surface area (Å²) >= 11 is 1.34. The first-order chi connectivity index (χ1) is 13.5. The molecule has 152 valence electrons. The van der Waals surface area contributed by atoms with Crippen molar-refractivity contribution in [3.63, 3.8) is 0 Å². The number of methoxy groups -OCH3 is 1. The van der Waals surface area contributed by atoms with Gasteiger partial charge in [0, 0.05) is 6.07 Å². The first kappa shape index (κ1) is 20.7. The zero-order valence-corrected chi connectivity index (χ0v) is 17.8. The largest absolute Gasteiger partial charge is 0.497 e. The number of ether oxygens (including phenoxy) is 2. The molecule has 0 spiro atoms. The predicted octanol–water partition coefficient (Wildman–Crippen LogP) is 4.37. The van der Waals surface area contributed by atoms with Crippen molar-refractivity contribution in [3.8, 4) is 11.4 Å². The van der Waals surface area contributed by atoms with Crippen LogP contribution in [0, 0.1) is 17.8 Å². The molecule has 3 atom stereocenters. The Morgan fingerprint density at radius 2 is 2.18 bits per heavy atom. The zero-order valence-electron chi connectivity index (χ0n) is 17.0. The van der Waals surface area contributed by atoms with E-state index < -0.39 is 0 Å². The fourth-order valence-corrected chi connectivity index (χ4v) is 4.55. The van der Waals surface area contributed by atoms with Crippen LogP contribution < -0.4 is 4.74 Å². The van der Waals surface area contributed by atoms with Crippen LogP contribution in [0.25, 0.3) is 5.69 Å². The van der Waals surface area contributed by atoms with Gasteiger partial charge in [-0.15, -0.1) is 10.2 Å². The normalized spacial score (nSPS) is 22.2. The lowest BCUT2D eigenvalue weighted by Crippen LogP contribution is -2.36. The van der Waals surface area contributed by atoms with Crippen molar-refractivity contribution in [2.45, 2.75) is 51.3 Å². The topological polar surface area (TPSA) is 66.2 Å². The smallest absolute Gasteiger partial charge is 0.316 e. The summed E-state index contributed by atoms with van der Waals surface area (Å²) in [7, 11) is 1.63. The number of carbonyl (C=O) groups excluding carboxylic acids is 1. The Labute approximate surface area is 171 Å². The summed E-state index contributed by atoms with van der Waals surface area (Å²) in [4.78, 5) is 12.5. The van der Waals surface area contributed by atoms with E-state index in [1.807, 2.05) is 28.8 Å². The van der Waals surface area contributed by atoms with Gasteiger partial charge in [-0.3, -0.25) is 9.36 Å². The third-order valence-electron chi connectivity index (χ3n) is 5.41. The van der Waals surface area contributed by atoms with E-state index in [0.29, 0.717) is 22.9 Å². The van der Waals surface area contributed by atoms with Crippen LogP contribution in [-0.4, -0.2) is 39.7 Å². The van der Waals surface area contributed by atoms with Crippen molar-refractivity contribution < 1.29 is 14.3 Å². The van der Waals surface area contributed by atoms with E-state index >= 15 is 0 Å². The van der Waals surface area contributed by atoms with E-state index in [2.05, 4.69) is 31.0 Å². The van der Waals surface area contributed by atoms with Crippen LogP contribution in [0.4, 0.5) is 0 Å². The Morgan fingerprint density at radius 3 is 2.93 bits per heavy atom. The van der Waals surface area contributed by atoms with Gasteiger partial charge in [0.05, 0.1) is 18.6 Å². The Bertz CT molecular complexity index is 793. The Hall–Kier alpha value is -2.02. The molecule has 1 aliphatic carbocycles. The van der Waals surface area contributed by atoms with E-state index in [4.69, 9.17) is 9.47 Å². The van der Waals surface area contributed by atoms with Gasteiger partial charge in [-0.1, -0.05) is 45.0 Å². The molecule has 0 saturated heterocycles. The standard InChI is InChI=1S/C21H29N3O3S/c1-14(2)18-9-8-15(3)10-19(18)27-20(25)12-28-21-23-22-13-24(21)16-6-5-7-17(11-16)26-4/h5-7,11,13-15,18-19H,8-10,12H2,1-4H3. The highest BCUT2D eigenvalue weighted by Gasteiger charge is 2.33. The Balaban J connectivity index is 1.61. The molecule has 3 unspecified atom stereocenters. The molecular weight excluding hydrogens is 374 g/mol. The van der Waals surface area contributed by atoms with Gasteiger partial charge in [-0.05, 0) is 42.7 Å². The first-order valence-corrected chi connectivity index (χ1v) is 10.8. The van der Waals surface area contributed by atoms with Crippen LogP contribution >= 0.6 is 11.8 Å². The monoisotopic (exact) mass is 403 g/mol. The molecule has 0 amide bonds. The quantitative estimate of drug-likeness (QED) is 0.505. The maximum absolute atomic E-state index is 12.5. The average Bonchev–Trinajstić information content (AvgIpc) is 3.15. The lowest BCUT2D eigenvalue weighted by molar-refractivity contribution is -0.152. The molecule has 0 aliphatic heterocycles. The number of nitrogens with zero attached hydrogens (tertiary/aromatic N) is 3. The molecule has 2 aromatic rings. The molecule has 0 radical (unpaired) electrons. The van der Waals surface area contributed by atoms with Crippen molar-refractivity contribution in [1.82, 2.24) is 14.8 Å². The molecule has 1 saturated carbocycles. The number of carbonyl (C=O) groups is 1. The summed E-state index contributed by atoms with van der Waals surface area (Å²) in [6.07, 6.45) is 4.97. The highest BCUT2D eigenvalue weighted by atomic mass is 32.2. The Kier molecular flexibility index (Phi) is 6.99. The van der Waals surface area contributed by atoms with Crippen molar-refractivity contribution in [2.75, 3.05) is 12.9 Å². The molecule has 0 bridgehead atoms. The predicted molar refractivity (Wildman–Crippen MR) is 110 cm³/mol. The molecule has 1 fully saturated rings. The fraction of sp³-hybridized carbons (Fsp3) is 0.571. The number of hydrogen-bond acceptors (Lipinski definition) is 6. The second kappa shape index (κ2) is 9.45. The van der Waals surface area contributed by atoms with Gasteiger partial charge in [0.25, 0.3) is 0 Å². The number of benzene rings is 1. The van der Waals surface area contributed by atoms with Crippen molar-refractivity contribution in [2.24, 2.45) is 17.8 Å². The number of aromatic nitrogens is 3. The molecule has 6 nitrogen and oxygen atoms in total. The lowest BCUT2D eigenvalue weighted by Gasteiger charge is -2.36. The SMILES string of the molecule is COc1cccc(-n2cnnc2SCC(=O)OC2CC(C)CCC2C(C)C)c1. The van der Waals surface area contributed by atoms with E-state index in [1.54, 1.807) is 13.4 Å². The first-order valence-electron chi connectivity index (χ1n) is 9.84. The van der Waals surface area contributed by atoms with E-state index in [0.717, 1.165) is 24.3 Å². The van der Waals surface area contributed by atoms with Crippen molar-refractivity contribution >= 4 is 17.7 Å². The third kappa shape index (κ3) is 5.07. The summed E-state index contributed by atoms with van der Waals surface area (Å²) in [6.45, 7) is 6.67. The van der Waals surface area contributed by atoms with Gasteiger partial charge >= 0.3 is 5.97 Å². The van der Waals surface area contributed by atoms with Gasteiger partial charge < -0.3 is 9.47 Å². The number of esters is 1. The van der Waals surface area contributed by atoms with E-state index in [1.165, 1.54) is 18.2 Å². The van der Waals surface area contributed by atoms with E-state index in [9.17, 15) is 4.79 Å². The summed E-state index contributed by atoms with van der Waals surface area (Å²) < 4.78 is 13.0. The van der Waals surface area contributed by atoms with Gasteiger partial charge in [0.1, 0.15) is 18.2 Å². The van der Waals surface area contributed by atoms with Gasteiger partial charge in [0.2, 0.25) is 0 Å². The average molecular weight is 404 g/mol. The molecule has 1 aromatic carbocycles. The van der Waals surface area contributed by atoms with Crippen LogP contribution in [0.15, 0.2) is 35.7 Å². The fourth-order valence-electron chi connectivity index (χ4n) is 3.84. The number of rotatable bonds is 7. The van der Waals surface area contributed by atoms with Crippen molar-refractivity contribution in [1.29, 1.82) is 0 Å². The Morgan fingerprint density at radius 1 is 1.36 bits per heavy atom. The van der Waals surface area contributed by atoms with Crippen LogP contribution in [0.2, 0.25) is 0 Å². The highest BCUT2D eigenvalue weighted by Crippen LogP contribution is 2.35. The summed E-state index contributed by atoms with van der Waals surface area (Å²) in [5.41, 5.74) is 0.890. The molecule has 0 N–H and O–H groups in total. The molecule has 28 heavy (non-hydrogen) atoms. The molecule has 1 aliphatic rings. The lowest BCUT2D eigenvalue weighted by atomic mass is 9.75. The minimum absolute atomic E-state index is 0.0214. The molecule has 1 aromatic heterocycles. The minimum Gasteiger partial charge on any atom is -0.497 e. The van der Waals surface area contributed by atoms with Crippen LogP contribution in [0.3, 0.4) is 0 Å². The second-order valence-electron chi connectivity index (χ2n) is 7.83. The molecular formula is C21H29N3O3S. The second-order valence-corrected chi connectivity index (χ2v) is 8.77. The summed E-state index contributed by atoms with van der Waals surface area (Å²) in [6, 6.07) is 7.65. The third-order valence-corrected chi connectivity index (χ3v) is 6.33. The van der Waals surface area contributed by atoms with Crippen LogP contribution in [0.1, 0.15) is 40.0 Å². The maximum atomic E-state index is 12.5. The molecule has 1 heterocycles. The van der Waals surface area contributed by atoms with Gasteiger partial charge in [-0.25, -0.2) is 0 Å². The van der Waals surface area contributed by atoms with Crippen LogP contribution in [0.5, 0.6) is 5.75 Å². The van der Waals surface area contributed by atoms with Crippen LogP contribution in [-0.2, 0) is 9.53 Å². The zero-order chi connectivity index (χ0) is 20.1. The summed E-state index contributed by atoms with van der Waals surface area (Å²) in [5, 5.41) is 8.80. The van der Waals surface area contributed by atoms with Crippen molar-refractivity contribution in [3.05, 3.63) is 30.6 Å². The number of hydrogen-bond donors (Lipinski definition) is 0. The van der Waals surface area contributed by atoms with E-state index in [-0.39, 0.29) is 17.8 Å². The number of thioether (sulfide) groups is 1. The maximum Gasteiger partial charge on any atom is 0.316 e. The summed E-state index contributed by atoms with van der Waals surface area (Å²) in [5.74, 6) is 2.37. The van der Waals surface area contributed by atoms with Gasteiger partial charge in [0.15, 0.2) is 5.16 Å². The van der Waals surface area contributed by atoms with Gasteiger partial charge in [-0.2, -0.15) is 0 Å².